The number of nitrogens with zero attached hydrogens (tertiary/aromatic N) is 6. The van der Waals surface area contributed by atoms with Crippen molar-refractivity contribution in [2.24, 2.45) is 0 Å². The lowest BCUT2D eigenvalue weighted by molar-refractivity contribution is 0.0686. The van der Waals surface area contributed by atoms with Crippen LogP contribution < -0.4 is 0 Å². The van der Waals surface area contributed by atoms with Crippen molar-refractivity contribution in [1.82, 2.24) is 28.8 Å². The maximum Gasteiger partial charge on any atom is 0.293 e. The van der Waals surface area contributed by atoms with Crippen LogP contribution in [-0.2, 0) is 10.0 Å². The summed E-state index contributed by atoms with van der Waals surface area (Å²) in [6.45, 7) is 4.75. The Morgan fingerprint density at radius 1 is 1.00 bits per heavy atom. The van der Waals surface area contributed by atoms with E-state index in [2.05, 4.69) is 15.1 Å². The van der Waals surface area contributed by atoms with Crippen molar-refractivity contribution in [2.45, 2.75) is 18.7 Å². The summed E-state index contributed by atoms with van der Waals surface area (Å²) in [5.41, 5.74) is 1.64. The van der Waals surface area contributed by atoms with Gasteiger partial charge in [-0.05, 0) is 32.0 Å². The molecule has 3 aromatic rings. The Morgan fingerprint density at radius 2 is 1.68 bits per heavy atom. The summed E-state index contributed by atoms with van der Waals surface area (Å²) >= 11 is 0. The van der Waals surface area contributed by atoms with Gasteiger partial charge in [0.25, 0.3) is 11.7 Å². The first kappa shape index (κ1) is 18.5. The minimum atomic E-state index is -3.56. The number of carbonyl (C=O) groups excluding carboxylic acids is 1. The molecule has 1 aromatic carbocycles. The van der Waals surface area contributed by atoms with Gasteiger partial charge in [-0.3, -0.25) is 4.79 Å². The van der Waals surface area contributed by atoms with E-state index in [-0.39, 0.29) is 42.8 Å². The molecule has 0 radical (unpaired) electrons. The molecule has 28 heavy (non-hydrogen) atoms. The van der Waals surface area contributed by atoms with Gasteiger partial charge in [-0.25, -0.2) is 17.9 Å². The number of fused-ring (bicyclic) bond motifs is 1. The van der Waals surface area contributed by atoms with Gasteiger partial charge in [-0.15, -0.1) is 5.10 Å². The van der Waals surface area contributed by atoms with Crippen molar-refractivity contribution in [2.75, 3.05) is 26.2 Å². The summed E-state index contributed by atoms with van der Waals surface area (Å²) in [5.74, 6) is 0.131. The van der Waals surface area contributed by atoms with Crippen LogP contribution in [0.2, 0.25) is 0 Å². The maximum absolute atomic E-state index is 12.8. The molecule has 9 nitrogen and oxygen atoms in total. The first-order valence-corrected chi connectivity index (χ1v) is 10.4. The summed E-state index contributed by atoms with van der Waals surface area (Å²) in [4.78, 5) is 23.2. The van der Waals surface area contributed by atoms with Gasteiger partial charge < -0.3 is 4.90 Å². The molecule has 0 saturated carbocycles. The number of hydrogen-bond acceptors (Lipinski definition) is 6. The molecule has 1 fully saturated rings. The summed E-state index contributed by atoms with van der Waals surface area (Å²) in [6, 6.07) is 10.2. The van der Waals surface area contributed by atoms with Crippen LogP contribution >= 0.6 is 0 Å². The van der Waals surface area contributed by atoms with E-state index in [0.29, 0.717) is 5.78 Å². The van der Waals surface area contributed by atoms with E-state index in [9.17, 15) is 13.2 Å². The van der Waals surface area contributed by atoms with Gasteiger partial charge in [0.05, 0.1) is 4.90 Å². The number of aromatic nitrogens is 4. The molecule has 4 rings (SSSR count). The van der Waals surface area contributed by atoms with Gasteiger partial charge >= 0.3 is 0 Å². The molecule has 0 aliphatic carbocycles. The van der Waals surface area contributed by atoms with Gasteiger partial charge in [0.15, 0.2) is 0 Å². The summed E-state index contributed by atoms with van der Waals surface area (Å²) in [6.07, 6.45) is 0. The maximum atomic E-state index is 12.8. The molecule has 0 bridgehead atoms. The zero-order chi connectivity index (χ0) is 19.9. The summed E-state index contributed by atoms with van der Waals surface area (Å²) in [5, 5.41) is 4.26. The number of rotatable bonds is 3. The largest absolute Gasteiger partial charge is 0.333 e. The highest BCUT2D eigenvalue weighted by Crippen LogP contribution is 2.18. The monoisotopic (exact) mass is 400 g/mol. The number of sulfonamides is 1. The predicted octanol–water partition coefficient (Wildman–Crippen LogP) is 0.888. The van der Waals surface area contributed by atoms with E-state index >= 15 is 0 Å². The highest BCUT2D eigenvalue weighted by atomic mass is 32.2. The van der Waals surface area contributed by atoms with Gasteiger partial charge in [0.2, 0.25) is 15.8 Å². The van der Waals surface area contributed by atoms with Gasteiger partial charge in [0, 0.05) is 37.6 Å². The molecule has 1 amide bonds. The lowest BCUT2D eigenvalue weighted by Gasteiger charge is -2.33. The number of amides is 1. The van der Waals surface area contributed by atoms with E-state index < -0.39 is 10.0 Å². The zero-order valence-electron chi connectivity index (χ0n) is 15.6. The predicted molar refractivity (Wildman–Crippen MR) is 101 cm³/mol. The van der Waals surface area contributed by atoms with E-state index in [4.69, 9.17) is 0 Å². The fraction of sp³-hybridized carbons (Fsp3) is 0.333. The molecule has 0 spiro atoms. The molecule has 0 unspecified atom stereocenters. The number of piperazine rings is 1. The van der Waals surface area contributed by atoms with Crippen LogP contribution in [-0.4, -0.2) is 69.3 Å². The molecule has 1 saturated heterocycles. The Balaban J connectivity index is 1.49. The quantitative estimate of drug-likeness (QED) is 0.647. The molecule has 2 aromatic heterocycles. The first-order valence-electron chi connectivity index (χ1n) is 8.92. The third kappa shape index (κ3) is 3.25. The molecule has 146 valence electrons. The van der Waals surface area contributed by atoms with Crippen LogP contribution in [0.15, 0.2) is 41.3 Å². The minimum absolute atomic E-state index is 0.0700. The van der Waals surface area contributed by atoms with E-state index in [1.54, 1.807) is 35.2 Å². The topological polar surface area (TPSA) is 101 Å². The molecule has 0 N–H and O–H groups in total. The standard InChI is InChI=1S/C18H20N6O3S/c1-13-12-14(2)24-18(19-13)20-16(21-24)17(25)22-8-10-23(11-9-22)28(26,27)15-6-4-3-5-7-15/h3-7,12H,8-11H2,1-2H3. The van der Waals surface area contributed by atoms with Crippen molar-refractivity contribution in [3.05, 3.63) is 53.6 Å². The minimum Gasteiger partial charge on any atom is -0.333 e. The number of carbonyl (C=O) groups is 1. The number of benzene rings is 1. The smallest absolute Gasteiger partial charge is 0.293 e. The average Bonchev–Trinajstić information content (AvgIpc) is 3.12. The van der Waals surface area contributed by atoms with Gasteiger partial charge in [0.1, 0.15) is 0 Å². The third-order valence-corrected chi connectivity index (χ3v) is 6.63. The summed E-state index contributed by atoms with van der Waals surface area (Å²) < 4.78 is 28.4. The van der Waals surface area contributed by atoms with Crippen LogP contribution in [0.4, 0.5) is 0 Å². The van der Waals surface area contributed by atoms with Crippen LogP contribution in [0.3, 0.4) is 0 Å². The van der Waals surface area contributed by atoms with Crippen LogP contribution in [0.25, 0.3) is 5.78 Å². The Labute approximate surface area is 162 Å². The second-order valence-electron chi connectivity index (χ2n) is 6.70. The van der Waals surface area contributed by atoms with E-state index in [1.807, 2.05) is 19.9 Å². The summed E-state index contributed by atoms with van der Waals surface area (Å²) in [7, 11) is -3.56. The van der Waals surface area contributed by atoms with Gasteiger partial charge in [-0.1, -0.05) is 18.2 Å². The van der Waals surface area contributed by atoms with Crippen molar-refractivity contribution < 1.29 is 13.2 Å². The highest BCUT2D eigenvalue weighted by molar-refractivity contribution is 7.89. The van der Waals surface area contributed by atoms with Crippen molar-refractivity contribution in [1.29, 1.82) is 0 Å². The lowest BCUT2D eigenvalue weighted by Crippen LogP contribution is -2.50. The number of aryl methyl sites for hydroxylation is 2. The van der Waals surface area contributed by atoms with Crippen molar-refractivity contribution in [3.63, 3.8) is 0 Å². The molecular weight excluding hydrogens is 380 g/mol. The van der Waals surface area contributed by atoms with E-state index in [0.717, 1.165) is 11.4 Å². The van der Waals surface area contributed by atoms with Crippen LogP contribution in [0.5, 0.6) is 0 Å². The van der Waals surface area contributed by atoms with Crippen molar-refractivity contribution >= 4 is 21.7 Å². The first-order chi connectivity index (χ1) is 13.4. The third-order valence-electron chi connectivity index (χ3n) is 4.72. The molecule has 1 aliphatic rings. The molecular formula is C18H20N6O3S. The SMILES string of the molecule is Cc1cc(C)n2nc(C(=O)N3CCN(S(=O)(=O)c4ccccc4)CC3)nc2n1. The lowest BCUT2D eigenvalue weighted by atomic mass is 10.3. The van der Waals surface area contributed by atoms with Crippen molar-refractivity contribution in [3.8, 4) is 0 Å². The zero-order valence-corrected chi connectivity index (χ0v) is 16.4. The molecule has 3 heterocycles. The Kier molecular flexibility index (Phi) is 4.60. The average molecular weight is 400 g/mol. The fourth-order valence-corrected chi connectivity index (χ4v) is 4.71. The fourth-order valence-electron chi connectivity index (χ4n) is 3.27. The van der Waals surface area contributed by atoms with Crippen LogP contribution in [0, 0.1) is 13.8 Å². The Morgan fingerprint density at radius 3 is 2.36 bits per heavy atom. The molecule has 1 aliphatic heterocycles. The second-order valence-corrected chi connectivity index (χ2v) is 8.63. The molecule has 0 atom stereocenters. The van der Waals surface area contributed by atoms with Crippen LogP contribution in [0.1, 0.15) is 22.0 Å². The number of hydrogen-bond donors (Lipinski definition) is 0. The molecule has 10 heteroatoms. The Bertz CT molecular complexity index is 1130. The van der Waals surface area contributed by atoms with Gasteiger partial charge in [-0.2, -0.15) is 9.29 Å². The van der Waals surface area contributed by atoms with E-state index in [1.165, 1.54) is 8.82 Å². The normalized spacial score (nSPS) is 15.9. The Hall–Kier alpha value is -2.85. The highest BCUT2D eigenvalue weighted by Gasteiger charge is 2.31. The second kappa shape index (κ2) is 6.95.